The molecular weight excluding hydrogens is 855 g/mol. The van der Waals surface area contributed by atoms with Crippen molar-refractivity contribution in [2.24, 2.45) is 0 Å². The number of nitrogens with zero attached hydrogens (tertiary/aromatic N) is 5. The molecular formula is C60H33N5S2. The molecule has 0 amide bonds. The quantitative estimate of drug-likeness (QED) is 0.156. The van der Waals surface area contributed by atoms with Crippen molar-refractivity contribution in [2.45, 2.75) is 0 Å². The highest BCUT2D eigenvalue weighted by atomic mass is 32.1. The van der Waals surface area contributed by atoms with Crippen LogP contribution in [0.4, 0.5) is 5.69 Å². The molecule has 0 aliphatic carbocycles. The van der Waals surface area contributed by atoms with Crippen molar-refractivity contribution in [3.8, 4) is 67.4 Å². The Morgan fingerprint density at radius 3 is 1.37 bits per heavy atom. The van der Waals surface area contributed by atoms with Gasteiger partial charge < -0.3 is 4.57 Å². The molecule has 0 fully saturated rings. The Morgan fingerprint density at radius 2 is 0.881 bits per heavy atom. The molecule has 67 heavy (non-hydrogen) atoms. The van der Waals surface area contributed by atoms with E-state index in [4.69, 9.17) is 0 Å². The number of aromatic nitrogens is 3. The van der Waals surface area contributed by atoms with Crippen LogP contribution in [-0.2, 0) is 0 Å². The highest BCUT2D eigenvalue weighted by molar-refractivity contribution is 7.27. The van der Waals surface area contributed by atoms with Gasteiger partial charge in [-0.25, -0.2) is 4.85 Å². The van der Waals surface area contributed by atoms with E-state index in [0.29, 0.717) is 33.6 Å². The average Bonchev–Trinajstić information content (AvgIpc) is 4.08. The summed E-state index contributed by atoms with van der Waals surface area (Å²) in [5.41, 5.74) is 12.2. The first kappa shape index (κ1) is 38.7. The molecule has 5 heterocycles. The van der Waals surface area contributed by atoms with Crippen LogP contribution in [0.5, 0.6) is 0 Å². The van der Waals surface area contributed by atoms with Gasteiger partial charge in [0.1, 0.15) is 6.07 Å². The van der Waals surface area contributed by atoms with Crippen LogP contribution in [-0.4, -0.2) is 14.5 Å². The van der Waals surface area contributed by atoms with Gasteiger partial charge in [0, 0.05) is 72.1 Å². The van der Waals surface area contributed by atoms with Gasteiger partial charge in [0.2, 0.25) is 5.69 Å². The fourth-order valence-electron chi connectivity index (χ4n) is 10.2. The molecule has 0 spiro atoms. The van der Waals surface area contributed by atoms with Gasteiger partial charge in [0.15, 0.2) is 0 Å². The van der Waals surface area contributed by atoms with E-state index in [0.717, 1.165) is 80.9 Å². The predicted octanol–water partition coefficient (Wildman–Crippen LogP) is 17.1. The maximum Gasteiger partial charge on any atom is 0.205 e. The maximum atomic E-state index is 12.3. The van der Waals surface area contributed by atoms with Crippen LogP contribution in [0.3, 0.4) is 0 Å². The highest BCUT2D eigenvalue weighted by Crippen LogP contribution is 2.55. The van der Waals surface area contributed by atoms with Crippen LogP contribution in [0.25, 0.3) is 128 Å². The number of hydrogen-bond acceptors (Lipinski definition) is 5. The van der Waals surface area contributed by atoms with Gasteiger partial charge in [0.05, 0.1) is 38.3 Å². The summed E-state index contributed by atoms with van der Waals surface area (Å²) in [5, 5.41) is 19.2. The molecule has 8 aromatic carbocycles. The molecule has 0 saturated carbocycles. The third-order valence-corrected chi connectivity index (χ3v) is 15.4. The molecule has 0 atom stereocenters. The summed E-state index contributed by atoms with van der Waals surface area (Å²) in [7, 11) is 0. The highest BCUT2D eigenvalue weighted by Gasteiger charge is 2.32. The zero-order valence-electron chi connectivity index (χ0n) is 35.6. The van der Waals surface area contributed by atoms with Crippen molar-refractivity contribution in [2.75, 3.05) is 0 Å². The Balaban J connectivity index is 1.30. The van der Waals surface area contributed by atoms with Crippen molar-refractivity contribution < 1.29 is 0 Å². The second-order valence-electron chi connectivity index (χ2n) is 16.6. The fourth-order valence-corrected chi connectivity index (χ4v) is 12.7. The predicted molar refractivity (Wildman–Crippen MR) is 280 cm³/mol. The summed E-state index contributed by atoms with van der Waals surface area (Å²) < 4.78 is 7.02. The Labute approximate surface area is 393 Å². The van der Waals surface area contributed by atoms with Crippen molar-refractivity contribution >= 4 is 90.5 Å². The number of nitriles is 1. The zero-order chi connectivity index (χ0) is 44.6. The standard InChI is InChI=1S/C60H33N5S2/c1-62-55-53(38-12-4-2-5-13-38)52(42-33-40(36-24-28-63-29-25-36)32-41(34-42)37-26-30-64-31-27-37)49(35-61)56(54(55)39-14-6-3-7-15-39)65-57-45(20-22-47-43-16-8-10-18-50(43)66-59(47)57)46-21-23-48-44-17-9-11-19-51(44)67-60(48)58(46)65/h2-34H. The van der Waals surface area contributed by atoms with Crippen LogP contribution in [0.1, 0.15) is 5.56 Å². The van der Waals surface area contributed by atoms with Crippen molar-refractivity contribution in [1.29, 1.82) is 5.26 Å². The summed E-state index contributed by atoms with van der Waals surface area (Å²) in [4.78, 5) is 13.3. The van der Waals surface area contributed by atoms with Crippen LogP contribution < -0.4 is 0 Å². The van der Waals surface area contributed by atoms with E-state index in [-0.39, 0.29) is 0 Å². The Bertz CT molecular complexity index is 4030. The van der Waals surface area contributed by atoms with Gasteiger partial charge in [0.25, 0.3) is 0 Å². The molecule has 0 radical (unpaired) electrons. The molecule has 0 aliphatic rings. The Hall–Kier alpha value is -8.72. The minimum atomic E-state index is 0.475. The molecule has 7 heteroatoms. The normalized spacial score (nSPS) is 11.6. The first-order valence-corrected chi connectivity index (χ1v) is 23.6. The third-order valence-electron chi connectivity index (χ3n) is 13.0. The van der Waals surface area contributed by atoms with E-state index in [1.54, 1.807) is 47.5 Å². The van der Waals surface area contributed by atoms with Gasteiger partial charge in [-0.15, -0.1) is 22.7 Å². The number of hydrogen-bond donors (Lipinski definition) is 0. The van der Waals surface area contributed by atoms with Crippen molar-refractivity contribution in [1.82, 2.24) is 14.5 Å². The first-order valence-electron chi connectivity index (χ1n) is 22.0. The minimum Gasteiger partial charge on any atom is -0.306 e. The van der Waals surface area contributed by atoms with E-state index in [2.05, 4.69) is 141 Å². The van der Waals surface area contributed by atoms with E-state index >= 15 is 0 Å². The molecule has 13 rings (SSSR count). The summed E-state index contributed by atoms with van der Waals surface area (Å²) in [6.07, 6.45) is 7.22. The van der Waals surface area contributed by atoms with E-state index < -0.39 is 0 Å². The van der Waals surface area contributed by atoms with Crippen LogP contribution in [0, 0.1) is 17.9 Å². The van der Waals surface area contributed by atoms with E-state index in [9.17, 15) is 11.8 Å². The Kier molecular flexibility index (Phi) is 8.94. The minimum absolute atomic E-state index is 0.475. The lowest BCUT2D eigenvalue weighted by molar-refractivity contribution is 1.19. The molecule has 5 aromatic heterocycles. The van der Waals surface area contributed by atoms with Gasteiger partial charge >= 0.3 is 0 Å². The molecule has 13 aromatic rings. The molecule has 0 aliphatic heterocycles. The van der Waals surface area contributed by atoms with Crippen LogP contribution in [0.2, 0.25) is 0 Å². The first-order chi connectivity index (χ1) is 33.2. The fraction of sp³-hybridized carbons (Fsp3) is 0. The monoisotopic (exact) mass is 887 g/mol. The SMILES string of the molecule is [C-]#[N+]c1c(-c2ccccc2)c(-c2cc(-c3ccncc3)cc(-c3ccncc3)c2)c(C#N)c(-n2c3c(ccc4c5ccccc5sc43)c3ccc4c5ccccc5sc4c32)c1-c1ccccc1. The number of rotatable bonds is 6. The lowest BCUT2D eigenvalue weighted by Gasteiger charge is -2.25. The number of thiophene rings is 2. The zero-order valence-corrected chi connectivity index (χ0v) is 37.2. The number of fused-ring (bicyclic) bond motifs is 11. The van der Waals surface area contributed by atoms with Crippen LogP contribution >= 0.6 is 22.7 Å². The number of pyridine rings is 2. The second kappa shape index (κ2) is 15.5. The van der Waals surface area contributed by atoms with Gasteiger partial charge in [-0.05, 0) is 105 Å². The molecule has 0 unspecified atom stereocenters. The molecule has 0 bridgehead atoms. The lowest BCUT2D eigenvalue weighted by Crippen LogP contribution is -2.06. The summed E-state index contributed by atoms with van der Waals surface area (Å²) >= 11 is 3.56. The largest absolute Gasteiger partial charge is 0.306 e. The molecule has 0 saturated heterocycles. The van der Waals surface area contributed by atoms with Gasteiger partial charge in [-0.2, -0.15) is 5.26 Å². The summed E-state index contributed by atoms with van der Waals surface area (Å²) in [6.45, 7) is 9.34. The molecule has 310 valence electrons. The molecule has 0 N–H and O–H groups in total. The van der Waals surface area contributed by atoms with Crippen molar-refractivity contribution in [3.05, 3.63) is 218 Å². The van der Waals surface area contributed by atoms with E-state index in [1.807, 2.05) is 60.7 Å². The lowest BCUT2D eigenvalue weighted by atomic mass is 9.82. The van der Waals surface area contributed by atoms with E-state index in [1.165, 1.54) is 20.2 Å². The smallest absolute Gasteiger partial charge is 0.205 e. The number of benzene rings is 8. The van der Waals surface area contributed by atoms with Crippen molar-refractivity contribution in [3.63, 3.8) is 0 Å². The topological polar surface area (TPSA) is 58.9 Å². The maximum absolute atomic E-state index is 12.3. The van der Waals surface area contributed by atoms with Crippen LogP contribution in [0.15, 0.2) is 201 Å². The molecule has 5 nitrogen and oxygen atoms in total. The van der Waals surface area contributed by atoms with Gasteiger partial charge in [-0.3, -0.25) is 9.97 Å². The summed E-state index contributed by atoms with van der Waals surface area (Å²) in [5.74, 6) is 0. The second-order valence-corrected chi connectivity index (χ2v) is 18.7. The third kappa shape index (κ3) is 5.97. The average molecular weight is 888 g/mol. The Morgan fingerprint density at radius 1 is 0.433 bits per heavy atom. The summed E-state index contributed by atoms with van der Waals surface area (Å²) in [6, 6.07) is 64.0. The van der Waals surface area contributed by atoms with Gasteiger partial charge in [-0.1, -0.05) is 121 Å².